The molecule has 1 aliphatic rings. The van der Waals surface area contributed by atoms with E-state index >= 15 is 0 Å². The van der Waals surface area contributed by atoms with E-state index in [0.717, 1.165) is 24.6 Å². The first kappa shape index (κ1) is 46.6. The lowest BCUT2D eigenvalue weighted by Gasteiger charge is -2.62. The third kappa shape index (κ3) is 7.92. The standard InChI is InChI=1S/C34H89Si12/c1-29(2)45(31(37(5,6)7)38(8,9)10,32(39(11,12)13)40(14,15)16)35-36-34(43(23,24)25,44(26,27)28)46(36,30(3)4)33(41(17,18)19)42(20,21)22/h29-33H,1-28H3. The van der Waals surface area contributed by atoms with Gasteiger partial charge < -0.3 is 0 Å². The highest BCUT2D eigenvalue weighted by atomic mass is 29.8. The van der Waals surface area contributed by atoms with Crippen molar-refractivity contribution in [1.29, 1.82) is 0 Å². The van der Waals surface area contributed by atoms with Crippen LogP contribution in [0.25, 0.3) is 0 Å². The maximum absolute atomic E-state index is 2.95. The zero-order valence-electron chi connectivity index (χ0n) is 37.4. The van der Waals surface area contributed by atoms with E-state index < -0.39 is 87.6 Å². The predicted octanol–water partition coefficient (Wildman–Crippen LogP) is 13.4. The first-order valence-corrected chi connectivity index (χ1v) is 57.6. The molecule has 0 amide bonds. The molecule has 0 bridgehead atoms. The summed E-state index contributed by atoms with van der Waals surface area (Å²) in [6, 6.07) is 0. The van der Waals surface area contributed by atoms with Crippen molar-refractivity contribution in [1.82, 2.24) is 0 Å². The molecule has 0 nitrogen and oxygen atoms in total. The SMILES string of the molecule is CC(C)[Si]([Si][Si]1C([Si](C)(C)C)([Si](C)(C)C)[Si]1(C(C)C)C([Si](C)(C)C)[Si](C)(C)C)(C([Si](C)(C)C)[Si](C)(C)C)C([Si](C)(C)C)[Si](C)(C)C. The van der Waals surface area contributed by atoms with Gasteiger partial charge in [0.1, 0.15) is 0 Å². The lowest BCUT2D eigenvalue weighted by atomic mass is 10.6. The van der Waals surface area contributed by atoms with Gasteiger partial charge in [-0.15, -0.1) is 0 Å². The smallest absolute Gasteiger partial charge is 0.0419 e. The Bertz CT molecular complexity index is 956. The first-order valence-electron chi connectivity index (χ1n) is 19.2. The Kier molecular flexibility index (Phi) is 13.7. The van der Waals surface area contributed by atoms with Gasteiger partial charge in [-0.2, -0.15) is 0 Å². The maximum Gasteiger partial charge on any atom is 0.0419 e. The monoisotopic (exact) mass is 833 g/mol. The maximum atomic E-state index is 2.95. The molecule has 0 spiro atoms. The van der Waals surface area contributed by atoms with Crippen molar-refractivity contribution in [2.24, 2.45) is 0 Å². The fourth-order valence-corrected chi connectivity index (χ4v) is 241. The van der Waals surface area contributed by atoms with Gasteiger partial charge in [0.05, 0.1) is 0 Å². The molecule has 1 aliphatic heterocycles. The molecular weight excluding hydrogens is 745 g/mol. The van der Waals surface area contributed by atoms with Crippen LogP contribution in [0.3, 0.4) is 0 Å². The molecule has 0 aromatic carbocycles. The van der Waals surface area contributed by atoms with Crippen LogP contribution in [0.4, 0.5) is 0 Å². The summed E-state index contributed by atoms with van der Waals surface area (Å²) in [5.41, 5.74) is 1.91. The Morgan fingerprint density at radius 3 is 0.848 bits per heavy atom. The topological polar surface area (TPSA) is 0 Å². The van der Waals surface area contributed by atoms with Gasteiger partial charge in [-0.3, -0.25) is 0 Å². The van der Waals surface area contributed by atoms with Gasteiger partial charge in [0.25, 0.3) is 0 Å². The van der Waals surface area contributed by atoms with Crippen molar-refractivity contribution in [2.45, 2.75) is 214 Å². The van der Waals surface area contributed by atoms with Crippen LogP contribution in [0, 0.1) is 0 Å². The van der Waals surface area contributed by atoms with Crippen LogP contribution in [-0.4, -0.2) is 96.2 Å². The van der Waals surface area contributed by atoms with Gasteiger partial charge in [-0.25, -0.2) is 0 Å². The van der Waals surface area contributed by atoms with Crippen molar-refractivity contribution < 1.29 is 0 Å². The van der Waals surface area contributed by atoms with Crippen molar-refractivity contribution in [3.63, 3.8) is 0 Å². The Labute approximate surface area is 308 Å². The molecular formula is C34H89Si12. The molecule has 3 radical (unpaired) electrons. The molecule has 1 unspecified atom stereocenters. The highest BCUT2D eigenvalue weighted by Gasteiger charge is 2.89. The number of rotatable bonds is 15. The third-order valence-corrected chi connectivity index (χ3v) is 133. The van der Waals surface area contributed by atoms with Crippen molar-refractivity contribution in [3.8, 4) is 0 Å². The van der Waals surface area contributed by atoms with Crippen LogP contribution in [0.5, 0.6) is 0 Å². The second-order valence-corrected chi connectivity index (χ2v) is 98.6. The van der Waals surface area contributed by atoms with E-state index in [2.05, 4.69) is 185 Å². The summed E-state index contributed by atoms with van der Waals surface area (Å²) in [5.74, 6) is 0. The molecule has 1 rings (SSSR count). The summed E-state index contributed by atoms with van der Waals surface area (Å²) in [6.07, 6.45) is 0. The van der Waals surface area contributed by atoms with Gasteiger partial charge in [0, 0.05) is 96.2 Å². The van der Waals surface area contributed by atoms with E-state index in [9.17, 15) is 0 Å². The first-order chi connectivity index (χ1) is 19.6. The quantitative estimate of drug-likeness (QED) is 0.144. The Morgan fingerprint density at radius 1 is 0.435 bits per heavy atom. The molecule has 1 atom stereocenters. The van der Waals surface area contributed by atoms with E-state index in [0.29, 0.717) is 0 Å². The van der Waals surface area contributed by atoms with Crippen molar-refractivity contribution in [3.05, 3.63) is 0 Å². The zero-order valence-corrected chi connectivity index (χ0v) is 49.4. The van der Waals surface area contributed by atoms with Crippen LogP contribution < -0.4 is 0 Å². The van der Waals surface area contributed by atoms with E-state index in [1.807, 2.05) is 0 Å². The largest absolute Gasteiger partial charge is 0.0698 e. The Hall–Kier alpha value is 2.60. The van der Waals surface area contributed by atoms with Gasteiger partial charge in [0.15, 0.2) is 0 Å². The number of hydrogen-bond donors (Lipinski definition) is 0. The van der Waals surface area contributed by atoms with Gasteiger partial charge >= 0.3 is 0 Å². The molecule has 273 valence electrons. The summed E-state index contributed by atoms with van der Waals surface area (Å²) >= 11 is 0. The summed E-state index contributed by atoms with van der Waals surface area (Å²) in [4.78, 5) is 3.47. The summed E-state index contributed by atoms with van der Waals surface area (Å²) in [5, 5.41) is 0. The highest BCUT2D eigenvalue weighted by Crippen LogP contribution is 2.79. The van der Waals surface area contributed by atoms with Gasteiger partial charge in [-0.05, 0) is 0 Å². The van der Waals surface area contributed by atoms with Crippen LogP contribution >= 0.6 is 0 Å². The minimum atomic E-state index is -1.79. The highest BCUT2D eigenvalue weighted by molar-refractivity contribution is 7.88. The fraction of sp³-hybridized carbons (Fsp3) is 1.00. The van der Waals surface area contributed by atoms with Crippen molar-refractivity contribution in [2.75, 3.05) is 0 Å². The second-order valence-electron chi connectivity index (χ2n) is 25.4. The fourth-order valence-electron chi connectivity index (χ4n) is 14.6. The summed E-state index contributed by atoms with van der Waals surface area (Å²) in [6.45, 7) is 80.9. The zero-order chi connectivity index (χ0) is 37.7. The summed E-state index contributed by atoms with van der Waals surface area (Å²) < 4.78 is 0.871. The van der Waals surface area contributed by atoms with Crippen molar-refractivity contribution >= 4 is 96.2 Å². The molecule has 0 saturated carbocycles. The average Bonchev–Trinajstić information content (AvgIpc) is 3.24. The molecule has 0 aliphatic carbocycles. The van der Waals surface area contributed by atoms with Gasteiger partial charge in [0.2, 0.25) is 0 Å². The van der Waals surface area contributed by atoms with Crippen LogP contribution in [0.2, 0.25) is 186 Å². The van der Waals surface area contributed by atoms with Crippen LogP contribution in [-0.2, 0) is 0 Å². The van der Waals surface area contributed by atoms with E-state index in [1.165, 1.54) is 13.3 Å². The molecule has 0 N–H and O–H groups in total. The summed E-state index contributed by atoms with van der Waals surface area (Å²) in [7, 11) is -14.0. The van der Waals surface area contributed by atoms with E-state index in [4.69, 9.17) is 0 Å². The van der Waals surface area contributed by atoms with Gasteiger partial charge in [-0.1, -0.05) is 214 Å². The minimum Gasteiger partial charge on any atom is -0.0698 e. The number of hydrogen-bond acceptors (Lipinski definition) is 0. The van der Waals surface area contributed by atoms with Crippen LogP contribution in [0.1, 0.15) is 27.7 Å². The molecule has 1 heterocycles. The van der Waals surface area contributed by atoms with E-state index in [-0.39, 0.29) is 0 Å². The minimum absolute atomic E-state index is 0.476. The molecule has 1 saturated heterocycles. The normalized spacial score (nSPS) is 21.8. The van der Waals surface area contributed by atoms with Crippen LogP contribution in [0.15, 0.2) is 0 Å². The van der Waals surface area contributed by atoms with E-state index in [1.54, 1.807) is 0 Å². The Morgan fingerprint density at radius 2 is 0.696 bits per heavy atom. The molecule has 0 aromatic heterocycles. The molecule has 0 aromatic rings. The Balaban J connectivity index is 4.86. The lowest BCUT2D eigenvalue weighted by molar-refractivity contribution is 0.990. The lowest BCUT2D eigenvalue weighted by Crippen LogP contribution is -2.75. The predicted molar refractivity (Wildman–Crippen MR) is 254 cm³/mol. The average molecular weight is 835 g/mol. The third-order valence-electron chi connectivity index (χ3n) is 12.4. The molecule has 12 heteroatoms. The molecule has 1 fully saturated rings. The second kappa shape index (κ2) is 13.5. The molecule has 46 heavy (non-hydrogen) atoms.